The summed E-state index contributed by atoms with van der Waals surface area (Å²) in [4.78, 5) is 39.9. The van der Waals surface area contributed by atoms with Crippen LogP contribution in [0, 0.1) is 5.92 Å². The monoisotopic (exact) mass is 424 g/mol. The van der Waals surface area contributed by atoms with Crippen molar-refractivity contribution in [3.63, 3.8) is 0 Å². The van der Waals surface area contributed by atoms with Gasteiger partial charge in [0.2, 0.25) is 11.8 Å². The maximum Gasteiger partial charge on any atom is 0.225 e. The number of fused-ring (bicyclic) bond motifs is 1. The van der Waals surface area contributed by atoms with E-state index < -0.39 is 0 Å². The van der Waals surface area contributed by atoms with Crippen molar-refractivity contribution in [3.05, 3.63) is 34.9 Å². The van der Waals surface area contributed by atoms with E-state index in [-0.39, 0.29) is 36.4 Å². The number of carbonyl (C=O) groups is 3. The second-order valence-corrected chi connectivity index (χ2v) is 9.64. The molecule has 1 heterocycles. The number of carbonyl (C=O) groups excluding carboxylic acids is 3. The van der Waals surface area contributed by atoms with Crippen LogP contribution in [0.25, 0.3) is 0 Å². The lowest BCUT2D eigenvalue weighted by atomic mass is 9.89. The van der Waals surface area contributed by atoms with E-state index in [9.17, 15) is 14.4 Å². The van der Waals surface area contributed by atoms with Gasteiger partial charge in [-0.05, 0) is 68.6 Å². The second-order valence-electron chi connectivity index (χ2n) is 9.64. The van der Waals surface area contributed by atoms with Gasteiger partial charge < -0.3 is 10.2 Å². The number of Topliss-reactive ketones (excluding diaryl/α,β-unsaturated/α-hetero) is 1. The molecule has 2 aliphatic carbocycles. The Balaban J connectivity index is 1.26. The van der Waals surface area contributed by atoms with Gasteiger partial charge in [0.1, 0.15) is 0 Å². The number of rotatable bonds is 6. The number of hydrogen-bond acceptors (Lipinski definition) is 3. The Hall–Kier alpha value is -2.17. The molecular formula is C26H36N2O3. The first-order valence-electron chi connectivity index (χ1n) is 12.3. The van der Waals surface area contributed by atoms with E-state index >= 15 is 0 Å². The summed E-state index contributed by atoms with van der Waals surface area (Å²) in [5.74, 6) is 0.0392. The van der Waals surface area contributed by atoms with Gasteiger partial charge in [0.05, 0.1) is 5.92 Å². The van der Waals surface area contributed by atoms with Crippen molar-refractivity contribution in [2.24, 2.45) is 5.92 Å². The van der Waals surface area contributed by atoms with Crippen LogP contribution in [0.1, 0.15) is 92.1 Å². The zero-order valence-electron chi connectivity index (χ0n) is 18.7. The third kappa shape index (κ3) is 5.75. The molecule has 4 rings (SSSR count). The summed E-state index contributed by atoms with van der Waals surface area (Å²) >= 11 is 0. The molecule has 3 aliphatic rings. The van der Waals surface area contributed by atoms with Gasteiger partial charge in [-0.15, -0.1) is 0 Å². The molecule has 0 bridgehead atoms. The van der Waals surface area contributed by atoms with Crippen LogP contribution < -0.4 is 5.32 Å². The molecule has 1 atom stereocenters. The van der Waals surface area contributed by atoms with Crippen LogP contribution in [-0.2, 0) is 22.4 Å². The molecule has 1 aromatic rings. The van der Waals surface area contributed by atoms with Crippen molar-refractivity contribution in [2.45, 2.75) is 89.5 Å². The number of benzene rings is 1. The van der Waals surface area contributed by atoms with Crippen LogP contribution in [-0.4, -0.2) is 41.6 Å². The predicted octanol–water partition coefficient (Wildman–Crippen LogP) is 4.22. The molecule has 0 radical (unpaired) electrons. The van der Waals surface area contributed by atoms with Gasteiger partial charge in [0.25, 0.3) is 0 Å². The smallest absolute Gasteiger partial charge is 0.225 e. The zero-order chi connectivity index (χ0) is 21.6. The van der Waals surface area contributed by atoms with E-state index in [2.05, 4.69) is 11.4 Å². The summed E-state index contributed by atoms with van der Waals surface area (Å²) < 4.78 is 0. The topological polar surface area (TPSA) is 66.5 Å². The third-order valence-corrected chi connectivity index (χ3v) is 7.33. The van der Waals surface area contributed by atoms with Crippen molar-refractivity contribution < 1.29 is 14.4 Å². The van der Waals surface area contributed by atoms with E-state index in [1.807, 2.05) is 12.1 Å². The third-order valence-electron chi connectivity index (χ3n) is 7.33. The fourth-order valence-electron chi connectivity index (χ4n) is 5.41. The molecule has 1 N–H and O–H groups in total. The van der Waals surface area contributed by atoms with Gasteiger partial charge in [0.15, 0.2) is 5.78 Å². The van der Waals surface area contributed by atoms with Crippen molar-refractivity contribution >= 4 is 17.6 Å². The standard InChI is InChI=1S/C26H36N2O3/c29-24(21-13-12-19-7-4-5-8-20(19)17-21)14-15-25(30)28-16-6-9-22(18-28)26(31)27-23-10-2-1-3-11-23/h12-13,17,22-23H,1-11,14-16,18H2,(H,27,31). The van der Waals surface area contributed by atoms with E-state index in [1.54, 1.807) is 4.90 Å². The van der Waals surface area contributed by atoms with Crippen LogP contribution >= 0.6 is 0 Å². The number of hydrogen-bond donors (Lipinski definition) is 1. The average molecular weight is 425 g/mol. The molecule has 0 aromatic heterocycles. The van der Waals surface area contributed by atoms with E-state index in [0.717, 1.165) is 44.1 Å². The lowest BCUT2D eigenvalue weighted by Gasteiger charge is -2.33. The van der Waals surface area contributed by atoms with Gasteiger partial charge in [-0.3, -0.25) is 14.4 Å². The minimum atomic E-state index is -0.115. The summed E-state index contributed by atoms with van der Waals surface area (Å²) in [7, 11) is 0. The maximum absolute atomic E-state index is 12.8. The highest BCUT2D eigenvalue weighted by molar-refractivity contribution is 5.98. The first-order valence-corrected chi connectivity index (χ1v) is 12.3. The SMILES string of the molecule is O=C(CCC(=O)N1CCCC(C(=O)NC2CCCCC2)C1)c1ccc2c(c1)CCCC2. The highest BCUT2D eigenvalue weighted by Crippen LogP contribution is 2.24. The number of aryl methyl sites for hydroxylation is 2. The number of ketones is 1. The van der Waals surface area contributed by atoms with E-state index in [1.165, 1.54) is 43.2 Å². The Bertz CT molecular complexity index is 813. The highest BCUT2D eigenvalue weighted by Gasteiger charge is 2.30. The van der Waals surface area contributed by atoms with Gasteiger partial charge in [-0.25, -0.2) is 0 Å². The van der Waals surface area contributed by atoms with Crippen LogP contribution in [0.4, 0.5) is 0 Å². The zero-order valence-corrected chi connectivity index (χ0v) is 18.7. The van der Waals surface area contributed by atoms with Gasteiger partial charge in [0, 0.05) is 37.5 Å². The first-order chi connectivity index (χ1) is 15.1. The highest BCUT2D eigenvalue weighted by atomic mass is 16.2. The normalized spacial score (nSPS) is 21.9. The van der Waals surface area contributed by atoms with Crippen LogP contribution in [0.2, 0.25) is 0 Å². The van der Waals surface area contributed by atoms with Crippen molar-refractivity contribution in [1.29, 1.82) is 0 Å². The van der Waals surface area contributed by atoms with Crippen molar-refractivity contribution in [2.75, 3.05) is 13.1 Å². The molecule has 168 valence electrons. The number of piperidine rings is 1. The minimum Gasteiger partial charge on any atom is -0.353 e. The Kier molecular flexibility index (Phi) is 7.41. The largest absolute Gasteiger partial charge is 0.353 e. The number of amides is 2. The summed E-state index contributed by atoms with van der Waals surface area (Å²) in [5.41, 5.74) is 3.40. The molecule has 1 saturated heterocycles. The summed E-state index contributed by atoms with van der Waals surface area (Å²) in [6.45, 7) is 1.18. The lowest BCUT2D eigenvalue weighted by molar-refractivity contribution is -0.136. The van der Waals surface area contributed by atoms with Crippen LogP contribution in [0.3, 0.4) is 0 Å². The Morgan fingerprint density at radius 3 is 2.45 bits per heavy atom. The average Bonchev–Trinajstić information content (AvgIpc) is 2.82. The Morgan fingerprint density at radius 2 is 1.65 bits per heavy atom. The van der Waals surface area contributed by atoms with Gasteiger partial charge in [-0.2, -0.15) is 0 Å². The van der Waals surface area contributed by atoms with Crippen molar-refractivity contribution in [3.8, 4) is 0 Å². The molecule has 5 heteroatoms. The quantitative estimate of drug-likeness (QED) is 0.696. The molecule has 1 aromatic carbocycles. The Morgan fingerprint density at radius 1 is 0.871 bits per heavy atom. The van der Waals surface area contributed by atoms with Crippen LogP contribution in [0.5, 0.6) is 0 Å². The molecule has 1 aliphatic heterocycles. The molecule has 1 saturated carbocycles. The lowest BCUT2D eigenvalue weighted by Crippen LogP contribution is -2.48. The molecular weight excluding hydrogens is 388 g/mol. The van der Waals surface area contributed by atoms with Gasteiger partial charge >= 0.3 is 0 Å². The fourth-order valence-corrected chi connectivity index (χ4v) is 5.41. The number of nitrogens with zero attached hydrogens (tertiary/aromatic N) is 1. The Labute approximate surface area is 186 Å². The maximum atomic E-state index is 12.8. The molecule has 31 heavy (non-hydrogen) atoms. The molecule has 5 nitrogen and oxygen atoms in total. The van der Waals surface area contributed by atoms with Crippen LogP contribution in [0.15, 0.2) is 18.2 Å². The second kappa shape index (κ2) is 10.4. The summed E-state index contributed by atoms with van der Waals surface area (Å²) in [5, 5.41) is 3.21. The number of likely N-dealkylation sites (tertiary alicyclic amines) is 1. The predicted molar refractivity (Wildman–Crippen MR) is 121 cm³/mol. The fraction of sp³-hybridized carbons (Fsp3) is 0.654. The molecule has 0 spiro atoms. The number of nitrogens with one attached hydrogen (secondary N) is 1. The van der Waals surface area contributed by atoms with E-state index in [0.29, 0.717) is 19.1 Å². The molecule has 1 unspecified atom stereocenters. The minimum absolute atomic E-state index is 0.00137. The molecule has 2 amide bonds. The van der Waals surface area contributed by atoms with E-state index in [4.69, 9.17) is 0 Å². The first kappa shape index (κ1) is 22.0. The summed E-state index contributed by atoms with van der Waals surface area (Å²) in [6.07, 6.45) is 12.5. The molecule has 2 fully saturated rings. The van der Waals surface area contributed by atoms with Gasteiger partial charge in [-0.1, -0.05) is 31.4 Å². The summed E-state index contributed by atoms with van der Waals surface area (Å²) in [6, 6.07) is 6.35. The van der Waals surface area contributed by atoms with Crippen molar-refractivity contribution in [1.82, 2.24) is 10.2 Å².